The molecule has 2 aromatic rings. The average Bonchev–Trinajstić information content (AvgIpc) is 2.36. The third kappa shape index (κ3) is 3.95. The maximum atomic E-state index is 12.6. The van der Waals surface area contributed by atoms with Gasteiger partial charge in [-0.15, -0.1) is 0 Å². The maximum Gasteiger partial charge on any atom is 0.417 e. The molecule has 0 unspecified atom stereocenters. The molecule has 0 aliphatic carbocycles. The van der Waals surface area contributed by atoms with Crippen molar-refractivity contribution in [2.24, 2.45) is 0 Å². The number of hydrogen-bond donors (Lipinski definition) is 0. The van der Waals surface area contributed by atoms with Gasteiger partial charge >= 0.3 is 6.18 Å². The summed E-state index contributed by atoms with van der Waals surface area (Å²) >= 11 is 5.67. The average molecular weight is 329 g/mol. The molecular formula is C17H16ClF3O. The van der Waals surface area contributed by atoms with E-state index in [0.717, 1.165) is 11.6 Å². The molecule has 0 amide bonds. The number of rotatable bonds is 2. The highest BCUT2D eigenvalue weighted by Gasteiger charge is 2.33. The fourth-order valence-electron chi connectivity index (χ4n) is 1.95. The van der Waals surface area contributed by atoms with Crippen LogP contribution in [-0.4, -0.2) is 0 Å². The first-order valence-electron chi connectivity index (χ1n) is 6.72. The Balaban J connectivity index is 2.19. The van der Waals surface area contributed by atoms with Gasteiger partial charge in [-0.05, 0) is 35.2 Å². The molecule has 118 valence electrons. The van der Waals surface area contributed by atoms with Crippen molar-refractivity contribution in [2.75, 3.05) is 0 Å². The van der Waals surface area contributed by atoms with Gasteiger partial charge in [-0.25, -0.2) is 0 Å². The van der Waals surface area contributed by atoms with E-state index in [1.165, 1.54) is 12.1 Å². The topological polar surface area (TPSA) is 9.23 Å². The monoisotopic (exact) mass is 328 g/mol. The predicted octanol–water partition coefficient (Wildman–Crippen LogP) is 6.45. The van der Waals surface area contributed by atoms with Crippen LogP contribution in [0.4, 0.5) is 13.2 Å². The largest absolute Gasteiger partial charge is 0.457 e. The number of halogens is 4. The zero-order valence-corrected chi connectivity index (χ0v) is 13.2. The van der Waals surface area contributed by atoms with Crippen LogP contribution >= 0.6 is 11.6 Å². The Bertz CT molecular complexity index is 655. The first kappa shape index (κ1) is 16.7. The highest BCUT2D eigenvalue weighted by atomic mass is 35.5. The van der Waals surface area contributed by atoms with Crippen LogP contribution in [-0.2, 0) is 11.6 Å². The van der Waals surface area contributed by atoms with Crippen LogP contribution in [0.5, 0.6) is 11.5 Å². The lowest BCUT2D eigenvalue weighted by molar-refractivity contribution is -0.137. The summed E-state index contributed by atoms with van der Waals surface area (Å²) in [6.45, 7) is 6.29. The molecule has 0 saturated carbocycles. The van der Waals surface area contributed by atoms with Crippen LogP contribution in [0.2, 0.25) is 5.02 Å². The fraction of sp³-hybridized carbons (Fsp3) is 0.294. The van der Waals surface area contributed by atoms with Gasteiger partial charge in [0.1, 0.15) is 11.5 Å². The quantitative estimate of drug-likeness (QED) is 0.615. The lowest BCUT2D eigenvalue weighted by Gasteiger charge is -2.19. The number of alkyl halides is 3. The SMILES string of the molecule is CC(C)(C)c1ccc(Oc2ccc(C(F)(F)F)c(Cl)c2)cc1. The Morgan fingerprint density at radius 1 is 0.864 bits per heavy atom. The van der Waals surface area contributed by atoms with E-state index in [2.05, 4.69) is 20.8 Å². The van der Waals surface area contributed by atoms with Crippen LogP contribution in [0.15, 0.2) is 42.5 Å². The first-order valence-corrected chi connectivity index (χ1v) is 7.10. The molecule has 0 atom stereocenters. The smallest absolute Gasteiger partial charge is 0.417 e. The molecule has 1 nitrogen and oxygen atoms in total. The second-order valence-electron chi connectivity index (χ2n) is 6.02. The van der Waals surface area contributed by atoms with Gasteiger partial charge in [0.15, 0.2) is 0 Å². The number of benzene rings is 2. The van der Waals surface area contributed by atoms with Gasteiger partial charge in [-0.2, -0.15) is 13.2 Å². The fourth-order valence-corrected chi connectivity index (χ4v) is 2.23. The lowest BCUT2D eigenvalue weighted by atomic mass is 9.87. The minimum absolute atomic E-state index is 0.0240. The molecule has 2 rings (SSSR count). The molecule has 0 fully saturated rings. The standard InChI is InChI=1S/C17H16ClF3O/c1-16(2,3)11-4-6-12(7-5-11)22-13-8-9-14(15(18)10-13)17(19,20)21/h4-10H,1-3H3. The van der Waals surface area contributed by atoms with Crippen LogP contribution in [0, 0.1) is 0 Å². The zero-order chi connectivity index (χ0) is 16.5. The van der Waals surface area contributed by atoms with Crippen molar-refractivity contribution in [2.45, 2.75) is 32.4 Å². The summed E-state index contributed by atoms with van der Waals surface area (Å²) < 4.78 is 43.5. The van der Waals surface area contributed by atoms with Crippen molar-refractivity contribution in [3.8, 4) is 11.5 Å². The molecule has 5 heteroatoms. The van der Waals surface area contributed by atoms with Crippen molar-refractivity contribution in [1.82, 2.24) is 0 Å². The summed E-state index contributed by atoms with van der Waals surface area (Å²) in [5.74, 6) is 0.810. The third-order valence-electron chi connectivity index (χ3n) is 3.20. The van der Waals surface area contributed by atoms with Crippen molar-refractivity contribution in [3.05, 3.63) is 58.6 Å². The molecule has 0 saturated heterocycles. The molecule has 0 aromatic heterocycles. The molecule has 0 spiro atoms. The van der Waals surface area contributed by atoms with E-state index in [-0.39, 0.29) is 16.2 Å². The molecular weight excluding hydrogens is 313 g/mol. The molecule has 22 heavy (non-hydrogen) atoms. The highest BCUT2D eigenvalue weighted by molar-refractivity contribution is 6.31. The summed E-state index contributed by atoms with van der Waals surface area (Å²) in [5, 5.41) is -0.378. The molecule has 0 radical (unpaired) electrons. The van der Waals surface area contributed by atoms with Crippen LogP contribution in [0.3, 0.4) is 0 Å². The van der Waals surface area contributed by atoms with Gasteiger partial charge < -0.3 is 4.74 Å². The van der Waals surface area contributed by atoms with Gasteiger partial charge in [0, 0.05) is 6.07 Å². The van der Waals surface area contributed by atoms with E-state index >= 15 is 0 Å². The third-order valence-corrected chi connectivity index (χ3v) is 3.51. The van der Waals surface area contributed by atoms with E-state index in [1.807, 2.05) is 12.1 Å². The second-order valence-corrected chi connectivity index (χ2v) is 6.42. The number of hydrogen-bond acceptors (Lipinski definition) is 1. The van der Waals surface area contributed by atoms with Crippen molar-refractivity contribution < 1.29 is 17.9 Å². The van der Waals surface area contributed by atoms with Crippen LogP contribution in [0.25, 0.3) is 0 Å². The van der Waals surface area contributed by atoms with Crippen molar-refractivity contribution in [3.63, 3.8) is 0 Å². The van der Waals surface area contributed by atoms with E-state index in [4.69, 9.17) is 16.3 Å². The Hall–Kier alpha value is -1.68. The summed E-state index contributed by atoms with van der Waals surface area (Å²) in [6.07, 6.45) is -4.47. The normalized spacial score (nSPS) is 12.3. The van der Waals surface area contributed by atoms with Crippen LogP contribution in [0.1, 0.15) is 31.9 Å². The summed E-state index contributed by atoms with van der Waals surface area (Å²) in [4.78, 5) is 0. The Kier molecular flexibility index (Phi) is 4.43. The summed E-state index contributed by atoms with van der Waals surface area (Å²) in [6, 6.07) is 10.8. The van der Waals surface area contributed by atoms with Gasteiger partial charge in [0.2, 0.25) is 0 Å². The minimum atomic E-state index is -4.47. The van der Waals surface area contributed by atoms with Gasteiger partial charge in [-0.1, -0.05) is 44.5 Å². The number of ether oxygens (including phenoxy) is 1. The second kappa shape index (κ2) is 5.84. The first-order chi connectivity index (χ1) is 10.1. The highest BCUT2D eigenvalue weighted by Crippen LogP contribution is 2.37. The molecule has 0 aliphatic rings. The van der Waals surface area contributed by atoms with E-state index in [1.54, 1.807) is 12.1 Å². The van der Waals surface area contributed by atoms with Gasteiger partial charge in [0.25, 0.3) is 0 Å². The van der Waals surface area contributed by atoms with Gasteiger partial charge in [-0.3, -0.25) is 0 Å². The van der Waals surface area contributed by atoms with Crippen molar-refractivity contribution >= 4 is 11.6 Å². The summed E-state index contributed by atoms with van der Waals surface area (Å²) in [5.41, 5.74) is 0.297. The Labute approximate surface area is 132 Å². The molecule has 0 heterocycles. The molecule has 0 aliphatic heterocycles. The van der Waals surface area contributed by atoms with E-state index in [9.17, 15) is 13.2 Å². The zero-order valence-electron chi connectivity index (χ0n) is 12.5. The molecule has 0 bridgehead atoms. The Morgan fingerprint density at radius 2 is 1.41 bits per heavy atom. The molecule has 2 aromatic carbocycles. The summed E-state index contributed by atoms with van der Waals surface area (Å²) in [7, 11) is 0. The minimum Gasteiger partial charge on any atom is -0.457 e. The Morgan fingerprint density at radius 3 is 1.86 bits per heavy atom. The van der Waals surface area contributed by atoms with E-state index in [0.29, 0.717) is 5.75 Å². The van der Waals surface area contributed by atoms with Crippen LogP contribution < -0.4 is 4.74 Å². The lowest BCUT2D eigenvalue weighted by Crippen LogP contribution is -2.10. The predicted molar refractivity (Wildman–Crippen MR) is 81.7 cm³/mol. The molecule has 0 N–H and O–H groups in total. The van der Waals surface area contributed by atoms with E-state index < -0.39 is 11.7 Å². The van der Waals surface area contributed by atoms with Crippen molar-refractivity contribution in [1.29, 1.82) is 0 Å². The van der Waals surface area contributed by atoms with Gasteiger partial charge in [0.05, 0.1) is 10.6 Å². The maximum absolute atomic E-state index is 12.6.